The Hall–Kier alpha value is -2.29. The number of nitrogens with one attached hydrogen (secondary N) is 1. The van der Waals surface area contributed by atoms with Crippen LogP contribution in [0.1, 0.15) is 18.7 Å². The van der Waals surface area contributed by atoms with Gasteiger partial charge in [-0.1, -0.05) is 6.92 Å². The summed E-state index contributed by atoms with van der Waals surface area (Å²) in [7, 11) is 0. The first-order valence-corrected chi connectivity index (χ1v) is 7.22. The number of hydrogen-bond acceptors (Lipinski definition) is 5. The van der Waals surface area contributed by atoms with E-state index in [9.17, 15) is 0 Å². The van der Waals surface area contributed by atoms with Gasteiger partial charge in [0.15, 0.2) is 17.1 Å². The van der Waals surface area contributed by atoms with Gasteiger partial charge >= 0.3 is 0 Å². The van der Waals surface area contributed by atoms with Crippen LogP contribution in [0.2, 0.25) is 0 Å². The van der Waals surface area contributed by atoms with E-state index in [-0.39, 0.29) is 5.92 Å². The van der Waals surface area contributed by atoms with Crippen LogP contribution in [0.4, 0.5) is 0 Å². The summed E-state index contributed by atoms with van der Waals surface area (Å²) in [4.78, 5) is 8.86. The summed E-state index contributed by atoms with van der Waals surface area (Å²) in [5, 5.41) is 16.4. The summed E-state index contributed by atoms with van der Waals surface area (Å²) >= 11 is 3.39. The van der Waals surface area contributed by atoms with Crippen molar-refractivity contribution in [2.45, 2.75) is 19.4 Å². The number of aromatic nitrogens is 8. The molecule has 4 heterocycles. The van der Waals surface area contributed by atoms with Crippen molar-refractivity contribution in [3.63, 3.8) is 0 Å². The molecule has 0 fully saturated rings. The smallest absolute Gasteiger partial charge is 0.170 e. The fraction of sp³-hybridized carbons (Fsp3) is 0.250. The second-order valence-electron chi connectivity index (χ2n) is 4.90. The molecule has 0 aliphatic rings. The quantitative estimate of drug-likeness (QED) is 0.610. The van der Waals surface area contributed by atoms with Crippen LogP contribution in [-0.2, 0) is 6.54 Å². The van der Waals surface area contributed by atoms with E-state index < -0.39 is 0 Å². The predicted molar refractivity (Wildman–Crippen MR) is 78.8 cm³/mol. The average Bonchev–Trinajstić information content (AvgIpc) is 3.15. The Balaban J connectivity index is 1.72. The van der Waals surface area contributed by atoms with Crippen molar-refractivity contribution in [1.29, 1.82) is 0 Å². The molecule has 0 saturated heterocycles. The standard InChI is InChI=1S/C12H11BrN8/c1-7(4-20-5-8(13)2-16-20)10-17-12-9-3-15-18-11(9)14-6-21(12)19-10/h2-3,5-7H,4H2,1H3,(H,15,18). The zero-order valence-corrected chi connectivity index (χ0v) is 12.7. The van der Waals surface area contributed by atoms with Gasteiger partial charge in [0.1, 0.15) is 6.33 Å². The molecule has 1 unspecified atom stereocenters. The van der Waals surface area contributed by atoms with Gasteiger partial charge in [0, 0.05) is 12.1 Å². The highest BCUT2D eigenvalue weighted by Crippen LogP contribution is 2.19. The fourth-order valence-corrected chi connectivity index (χ4v) is 2.59. The summed E-state index contributed by atoms with van der Waals surface area (Å²) in [5.74, 6) is 0.899. The van der Waals surface area contributed by atoms with E-state index in [1.807, 2.05) is 10.9 Å². The number of aromatic amines is 1. The number of nitrogens with zero attached hydrogens (tertiary/aromatic N) is 7. The van der Waals surface area contributed by atoms with Crippen molar-refractivity contribution >= 4 is 32.6 Å². The van der Waals surface area contributed by atoms with E-state index in [0.717, 1.165) is 21.3 Å². The third-order valence-electron chi connectivity index (χ3n) is 3.31. The molecule has 106 valence electrons. The minimum atomic E-state index is 0.138. The number of rotatable bonds is 3. The van der Waals surface area contributed by atoms with Crippen molar-refractivity contribution < 1.29 is 0 Å². The lowest BCUT2D eigenvalue weighted by Crippen LogP contribution is -2.08. The van der Waals surface area contributed by atoms with Crippen molar-refractivity contribution in [1.82, 2.24) is 39.6 Å². The number of H-pyrrole nitrogens is 1. The van der Waals surface area contributed by atoms with E-state index >= 15 is 0 Å². The summed E-state index contributed by atoms with van der Waals surface area (Å²) in [6, 6.07) is 0. The molecular formula is C12H11BrN8. The van der Waals surface area contributed by atoms with Crippen LogP contribution in [0, 0.1) is 0 Å². The molecule has 21 heavy (non-hydrogen) atoms. The average molecular weight is 347 g/mol. The van der Waals surface area contributed by atoms with E-state index in [0.29, 0.717) is 12.2 Å². The maximum Gasteiger partial charge on any atom is 0.170 e. The second kappa shape index (κ2) is 4.62. The highest BCUT2D eigenvalue weighted by molar-refractivity contribution is 9.10. The molecule has 0 radical (unpaired) electrons. The fourth-order valence-electron chi connectivity index (χ4n) is 2.27. The molecule has 0 amide bonds. The van der Waals surface area contributed by atoms with Crippen LogP contribution in [-0.4, -0.2) is 39.6 Å². The lowest BCUT2D eigenvalue weighted by Gasteiger charge is -2.06. The normalized spacial score (nSPS) is 13.2. The first-order chi connectivity index (χ1) is 10.2. The largest absolute Gasteiger partial charge is 0.271 e. The lowest BCUT2D eigenvalue weighted by atomic mass is 10.2. The molecule has 8 nitrogen and oxygen atoms in total. The number of hydrogen-bond donors (Lipinski definition) is 1. The molecule has 0 spiro atoms. The molecule has 0 bridgehead atoms. The highest BCUT2D eigenvalue weighted by atomic mass is 79.9. The van der Waals surface area contributed by atoms with Crippen LogP contribution < -0.4 is 0 Å². The minimum absolute atomic E-state index is 0.138. The second-order valence-corrected chi connectivity index (χ2v) is 5.81. The van der Waals surface area contributed by atoms with Gasteiger partial charge in [-0.15, -0.1) is 5.10 Å². The molecule has 4 aromatic heterocycles. The van der Waals surface area contributed by atoms with Gasteiger partial charge in [-0.25, -0.2) is 14.5 Å². The van der Waals surface area contributed by atoms with Gasteiger partial charge in [0.05, 0.1) is 28.8 Å². The first-order valence-electron chi connectivity index (χ1n) is 6.43. The lowest BCUT2D eigenvalue weighted by molar-refractivity contribution is 0.524. The maximum absolute atomic E-state index is 4.61. The van der Waals surface area contributed by atoms with Crippen molar-refractivity contribution in [2.75, 3.05) is 0 Å². The van der Waals surface area contributed by atoms with Crippen molar-refractivity contribution in [3.8, 4) is 0 Å². The zero-order chi connectivity index (χ0) is 14.4. The van der Waals surface area contributed by atoms with Crippen LogP contribution in [0.5, 0.6) is 0 Å². The molecule has 0 aromatic carbocycles. The summed E-state index contributed by atoms with van der Waals surface area (Å²) < 4.78 is 4.51. The third-order valence-corrected chi connectivity index (χ3v) is 3.72. The number of fused-ring (bicyclic) bond motifs is 3. The molecule has 0 saturated carbocycles. The summed E-state index contributed by atoms with van der Waals surface area (Å²) in [5.41, 5.74) is 1.47. The maximum atomic E-state index is 4.61. The van der Waals surface area contributed by atoms with Crippen LogP contribution in [0.25, 0.3) is 16.7 Å². The first kappa shape index (κ1) is 12.5. The van der Waals surface area contributed by atoms with Crippen molar-refractivity contribution in [3.05, 3.63) is 35.2 Å². The van der Waals surface area contributed by atoms with Gasteiger partial charge in [-0.2, -0.15) is 10.2 Å². The Morgan fingerprint density at radius 3 is 3.10 bits per heavy atom. The minimum Gasteiger partial charge on any atom is -0.271 e. The highest BCUT2D eigenvalue weighted by Gasteiger charge is 2.15. The zero-order valence-electron chi connectivity index (χ0n) is 11.1. The third kappa shape index (κ3) is 2.09. The van der Waals surface area contributed by atoms with E-state index in [2.05, 4.69) is 53.2 Å². The van der Waals surface area contributed by atoms with E-state index in [1.165, 1.54) is 0 Å². The predicted octanol–water partition coefficient (Wildman–Crippen LogP) is 1.76. The molecular weight excluding hydrogens is 336 g/mol. The van der Waals surface area contributed by atoms with Gasteiger partial charge in [-0.3, -0.25) is 9.78 Å². The molecule has 0 aliphatic heterocycles. The van der Waals surface area contributed by atoms with Crippen LogP contribution >= 0.6 is 15.9 Å². The Bertz CT molecular complexity index is 920. The Morgan fingerprint density at radius 1 is 1.38 bits per heavy atom. The SMILES string of the molecule is CC(Cn1cc(Br)cn1)c1nc2c3cn[nH]c3ncn2n1. The van der Waals surface area contributed by atoms with E-state index in [1.54, 1.807) is 23.2 Å². The van der Waals surface area contributed by atoms with Crippen molar-refractivity contribution in [2.24, 2.45) is 0 Å². The van der Waals surface area contributed by atoms with Gasteiger partial charge in [-0.05, 0) is 15.9 Å². The Labute approximate surface area is 127 Å². The molecule has 1 N–H and O–H groups in total. The molecule has 0 aliphatic carbocycles. The van der Waals surface area contributed by atoms with Crippen LogP contribution in [0.15, 0.2) is 29.4 Å². The van der Waals surface area contributed by atoms with E-state index in [4.69, 9.17) is 0 Å². The topological polar surface area (TPSA) is 89.6 Å². The monoisotopic (exact) mass is 346 g/mol. The van der Waals surface area contributed by atoms with Gasteiger partial charge in [0.25, 0.3) is 0 Å². The molecule has 4 aromatic rings. The van der Waals surface area contributed by atoms with Gasteiger partial charge in [0.2, 0.25) is 0 Å². The molecule has 1 atom stereocenters. The Morgan fingerprint density at radius 2 is 2.29 bits per heavy atom. The molecule has 4 rings (SSSR count). The molecule has 9 heteroatoms. The van der Waals surface area contributed by atoms with Crippen LogP contribution in [0.3, 0.4) is 0 Å². The number of halogens is 1. The van der Waals surface area contributed by atoms with Gasteiger partial charge < -0.3 is 0 Å². The Kier molecular flexibility index (Phi) is 2.74. The summed E-state index contributed by atoms with van der Waals surface area (Å²) in [6.07, 6.45) is 7.06. The summed E-state index contributed by atoms with van der Waals surface area (Å²) in [6.45, 7) is 2.79.